The van der Waals surface area contributed by atoms with E-state index in [1.54, 1.807) is 20.8 Å². The first kappa shape index (κ1) is 16.0. The van der Waals surface area contributed by atoms with Crippen LogP contribution in [0.5, 0.6) is 0 Å². The van der Waals surface area contributed by atoms with Crippen molar-refractivity contribution in [1.82, 2.24) is 5.32 Å². The zero-order valence-electron chi connectivity index (χ0n) is 11.3. The van der Waals surface area contributed by atoms with Crippen molar-refractivity contribution in [3.63, 3.8) is 0 Å². The van der Waals surface area contributed by atoms with Crippen LogP contribution in [0.4, 0.5) is 8.78 Å². The van der Waals surface area contributed by atoms with Crippen LogP contribution in [0.25, 0.3) is 0 Å². The van der Waals surface area contributed by atoms with Crippen LogP contribution in [-0.4, -0.2) is 26.0 Å². The van der Waals surface area contributed by atoms with Gasteiger partial charge < -0.3 is 5.32 Å². The molecule has 0 spiro atoms. The second-order valence-electron chi connectivity index (χ2n) is 4.62. The Hall–Kier alpha value is -1.01. The Morgan fingerprint density at radius 1 is 1.21 bits per heavy atom. The Morgan fingerprint density at radius 3 is 2.21 bits per heavy atom. The molecule has 1 aromatic carbocycles. The number of hydrogen-bond donors (Lipinski definition) is 1. The number of sulfone groups is 1. The molecule has 0 aliphatic heterocycles. The normalized spacial score (nSPS) is 15.2. The molecule has 19 heavy (non-hydrogen) atoms. The van der Waals surface area contributed by atoms with Gasteiger partial charge in [-0.3, -0.25) is 0 Å². The maximum absolute atomic E-state index is 13.6. The molecule has 0 aromatic heterocycles. The van der Waals surface area contributed by atoms with E-state index in [2.05, 4.69) is 5.32 Å². The van der Waals surface area contributed by atoms with Crippen LogP contribution in [0, 0.1) is 11.6 Å². The van der Waals surface area contributed by atoms with E-state index in [1.807, 2.05) is 0 Å². The molecule has 1 rings (SSSR count). The molecule has 0 heterocycles. The van der Waals surface area contributed by atoms with E-state index < -0.39 is 27.5 Å². The number of hydrogen-bond acceptors (Lipinski definition) is 3. The highest BCUT2D eigenvalue weighted by atomic mass is 32.2. The molecule has 0 saturated carbocycles. The molecule has 0 radical (unpaired) electrons. The van der Waals surface area contributed by atoms with Crippen molar-refractivity contribution in [2.75, 3.05) is 11.5 Å². The lowest BCUT2D eigenvalue weighted by Crippen LogP contribution is -2.36. The first-order valence-electron chi connectivity index (χ1n) is 6.17. The summed E-state index contributed by atoms with van der Waals surface area (Å²) in [6.45, 7) is 4.86. The summed E-state index contributed by atoms with van der Waals surface area (Å²) in [6, 6.07) is 2.70. The number of halogens is 2. The average Bonchev–Trinajstić information content (AvgIpc) is 2.27. The van der Waals surface area contributed by atoms with Crippen molar-refractivity contribution in [2.24, 2.45) is 0 Å². The molecule has 2 atom stereocenters. The maximum atomic E-state index is 13.6. The largest absolute Gasteiger partial charge is 0.306 e. The molecule has 0 aliphatic rings. The molecular weight excluding hydrogens is 272 g/mol. The SMILES string of the molecule is CCS(=O)(=O)C[C@@H](C)N[C@H](C)c1c(F)cccc1F. The van der Waals surface area contributed by atoms with E-state index in [0.29, 0.717) is 0 Å². The van der Waals surface area contributed by atoms with E-state index in [1.165, 1.54) is 18.2 Å². The average molecular weight is 291 g/mol. The minimum Gasteiger partial charge on any atom is -0.306 e. The van der Waals surface area contributed by atoms with Gasteiger partial charge in [-0.2, -0.15) is 0 Å². The monoisotopic (exact) mass is 291 g/mol. The minimum absolute atomic E-state index is 0.0517. The van der Waals surface area contributed by atoms with Crippen molar-refractivity contribution in [3.8, 4) is 0 Å². The van der Waals surface area contributed by atoms with Crippen LogP contribution >= 0.6 is 0 Å². The van der Waals surface area contributed by atoms with Gasteiger partial charge in [0, 0.05) is 23.4 Å². The second kappa shape index (κ2) is 6.43. The van der Waals surface area contributed by atoms with Gasteiger partial charge in [0.05, 0.1) is 5.75 Å². The predicted octanol–water partition coefficient (Wildman–Crippen LogP) is 2.44. The van der Waals surface area contributed by atoms with Crippen molar-refractivity contribution >= 4 is 9.84 Å². The molecule has 3 nitrogen and oxygen atoms in total. The van der Waals surface area contributed by atoms with Gasteiger partial charge in [0.1, 0.15) is 11.6 Å². The van der Waals surface area contributed by atoms with Gasteiger partial charge in [0.15, 0.2) is 9.84 Å². The molecule has 0 saturated heterocycles. The topological polar surface area (TPSA) is 46.2 Å². The van der Waals surface area contributed by atoms with Crippen LogP contribution in [0.15, 0.2) is 18.2 Å². The highest BCUT2D eigenvalue weighted by Crippen LogP contribution is 2.20. The Labute approximate surface area is 112 Å². The molecule has 0 fully saturated rings. The van der Waals surface area contributed by atoms with Gasteiger partial charge in [-0.05, 0) is 26.0 Å². The highest BCUT2D eigenvalue weighted by Gasteiger charge is 2.20. The summed E-state index contributed by atoms with van der Waals surface area (Å²) in [4.78, 5) is 0. The molecular formula is C13H19F2NO2S. The lowest BCUT2D eigenvalue weighted by atomic mass is 10.1. The third kappa shape index (κ3) is 4.54. The molecule has 0 unspecified atom stereocenters. The van der Waals surface area contributed by atoms with Crippen LogP contribution in [0.2, 0.25) is 0 Å². The third-order valence-corrected chi connectivity index (χ3v) is 4.80. The van der Waals surface area contributed by atoms with Crippen LogP contribution in [-0.2, 0) is 9.84 Å². The number of rotatable bonds is 6. The zero-order chi connectivity index (χ0) is 14.6. The molecule has 1 N–H and O–H groups in total. The molecule has 6 heteroatoms. The quantitative estimate of drug-likeness (QED) is 0.875. The Bertz CT molecular complexity index is 511. The van der Waals surface area contributed by atoms with Crippen molar-refractivity contribution in [1.29, 1.82) is 0 Å². The lowest BCUT2D eigenvalue weighted by molar-refractivity contribution is 0.455. The summed E-state index contributed by atoms with van der Waals surface area (Å²) in [5, 5.41) is 2.91. The Kier molecular flexibility index (Phi) is 5.43. The first-order valence-corrected chi connectivity index (χ1v) is 7.99. The predicted molar refractivity (Wildman–Crippen MR) is 71.7 cm³/mol. The molecule has 108 valence electrons. The maximum Gasteiger partial charge on any atom is 0.151 e. The van der Waals surface area contributed by atoms with Crippen molar-refractivity contribution in [2.45, 2.75) is 32.9 Å². The van der Waals surface area contributed by atoms with Crippen LogP contribution < -0.4 is 5.32 Å². The van der Waals surface area contributed by atoms with E-state index in [0.717, 1.165) is 0 Å². The Balaban J connectivity index is 2.77. The summed E-state index contributed by atoms with van der Waals surface area (Å²) in [5.74, 6) is -1.26. The third-order valence-electron chi connectivity index (χ3n) is 2.91. The fraction of sp³-hybridized carbons (Fsp3) is 0.538. The minimum atomic E-state index is -3.12. The van der Waals surface area contributed by atoms with Crippen LogP contribution in [0.1, 0.15) is 32.4 Å². The Morgan fingerprint density at radius 2 is 1.74 bits per heavy atom. The van der Waals surface area contributed by atoms with Gasteiger partial charge in [-0.25, -0.2) is 17.2 Å². The molecule has 0 amide bonds. The van der Waals surface area contributed by atoms with E-state index in [9.17, 15) is 17.2 Å². The molecule has 0 bridgehead atoms. The summed E-state index contributed by atoms with van der Waals surface area (Å²) in [5.41, 5.74) is -0.0664. The summed E-state index contributed by atoms with van der Waals surface area (Å²) in [6.07, 6.45) is 0. The summed E-state index contributed by atoms with van der Waals surface area (Å²) in [7, 11) is -3.12. The zero-order valence-corrected chi connectivity index (χ0v) is 12.1. The van der Waals surface area contributed by atoms with Crippen molar-refractivity contribution < 1.29 is 17.2 Å². The first-order chi connectivity index (χ1) is 8.76. The van der Waals surface area contributed by atoms with Crippen molar-refractivity contribution in [3.05, 3.63) is 35.4 Å². The molecule has 0 aliphatic carbocycles. The fourth-order valence-electron chi connectivity index (χ4n) is 1.98. The van der Waals surface area contributed by atoms with E-state index in [4.69, 9.17) is 0 Å². The standard InChI is InChI=1S/C13H19F2NO2S/c1-4-19(17,18)8-9(2)16-10(3)13-11(14)6-5-7-12(13)15/h5-7,9-10,16H,4,8H2,1-3H3/t9-,10-/m1/s1. The van der Waals surface area contributed by atoms with Gasteiger partial charge in [0.2, 0.25) is 0 Å². The number of benzene rings is 1. The highest BCUT2D eigenvalue weighted by molar-refractivity contribution is 7.91. The second-order valence-corrected chi connectivity index (χ2v) is 7.02. The van der Waals surface area contributed by atoms with Gasteiger partial charge in [-0.15, -0.1) is 0 Å². The van der Waals surface area contributed by atoms with E-state index in [-0.39, 0.29) is 23.1 Å². The summed E-state index contributed by atoms with van der Waals surface area (Å²) >= 11 is 0. The van der Waals surface area contributed by atoms with Crippen LogP contribution in [0.3, 0.4) is 0 Å². The van der Waals surface area contributed by atoms with Gasteiger partial charge >= 0.3 is 0 Å². The van der Waals surface area contributed by atoms with Gasteiger partial charge in [0.25, 0.3) is 0 Å². The molecule has 1 aromatic rings. The van der Waals surface area contributed by atoms with E-state index >= 15 is 0 Å². The van der Waals surface area contributed by atoms with Gasteiger partial charge in [-0.1, -0.05) is 13.0 Å². The summed E-state index contributed by atoms with van der Waals surface area (Å²) < 4.78 is 50.1. The fourth-order valence-corrected chi connectivity index (χ4v) is 3.08. The smallest absolute Gasteiger partial charge is 0.151 e. The lowest BCUT2D eigenvalue weighted by Gasteiger charge is -2.21. The number of nitrogens with one attached hydrogen (secondary N) is 1.